The molecule has 0 saturated carbocycles. The largest absolute Gasteiger partial charge is 0.372 e. The second-order valence-electron chi connectivity index (χ2n) is 4.86. The van der Waals surface area contributed by atoms with Crippen LogP contribution in [0.1, 0.15) is 19.4 Å². The third-order valence-corrected chi connectivity index (χ3v) is 3.57. The topological polar surface area (TPSA) is 29.5 Å². The molecule has 0 radical (unpaired) electrons. The molecule has 1 saturated heterocycles. The molecule has 98 valence electrons. The molecule has 18 heavy (non-hydrogen) atoms. The molecule has 0 bridgehead atoms. The van der Waals surface area contributed by atoms with Gasteiger partial charge in [0.15, 0.2) is 0 Å². The van der Waals surface area contributed by atoms with Gasteiger partial charge in [-0.1, -0.05) is 28.1 Å². The van der Waals surface area contributed by atoms with Crippen LogP contribution in [0.2, 0.25) is 0 Å². The number of halogens is 1. The summed E-state index contributed by atoms with van der Waals surface area (Å²) in [6.07, 6.45) is 0.720. The minimum atomic E-state index is 0.127. The van der Waals surface area contributed by atoms with E-state index in [1.54, 1.807) is 0 Å². The molecule has 0 aromatic heterocycles. The van der Waals surface area contributed by atoms with Gasteiger partial charge in [0.05, 0.1) is 18.6 Å². The third-order valence-electron chi connectivity index (χ3n) is 3.04. The molecule has 2 rings (SSSR count). The van der Waals surface area contributed by atoms with E-state index in [-0.39, 0.29) is 18.1 Å². The second kappa shape index (κ2) is 5.85. The first-order chi connectivity index (χ1) is 8.54. The average molecular weight is 312 g/mol. The molecule has 3 nitrogen and oxygen atoms in total. The lowest BCUT2D eigenvalue weighted by atomic mass is 10.1. The van der Waals surface area contributed by atoms with Gasteiger partial charge in [-0.05, 0) is 31.5 Å². The van der Waals surface area contributed by atoms with Gasteiger partial charge in [0.25, 0.3) is 0 Å². The Bertz CT molecular complexity index is 408. The summed E-state index contributed by atoms with van der Waals surface area (Å²) in [6.45, 7) is 5.41. The number of morpholine rings is 1. The van der Waals surface area contributed by atoms with Crippen LogP contribution < -0.4 is 0 Å². The van der Waals surface area contributed by atoms with Crippen molar-refractivity contribution in [3.8, 4) is 0 Å². The monoisotopic (exact) mass is 311 g/mol. The molecule has 1 fully saturated rings. The lowest BCUT2D eigenvalue weighted by Gasteiger charge is -2.35. The number of benzene rings is 1. The smallest absolute Gasteiger partial charge is 0.227 e. The number of amides is 1. The first-order valence-electron chi connectivity index (χ1n) is 6.22. The van der Waals surface area contributed by atoms with Gasteiger partial charge >= 0.3 is 0 Å². The molecular weight excluding hydrogens is 294 g/mol. The van der Waals surface area contributed by atoms with Crippen LogP contribution in [-0.4, -0.2) is 36.1 Å². The van der Waals surface area contributed by atoms with Crippen LogP contribution in [-0.2, 0) is 16.0 Å². The molecule has 1 aromatic rings. The lowest BCUT2D eigenvalue weighted by molar-refractivity contribution is -0.142. The second-order valence-corrected chi connectivity index (χ2v) is 5.77. The fourth-order valence-corrected chi connectivity index (χ4v) is 2.53. The third kappa shape index (κ3) is 3.56. The highest BCUT2D eigenvalue weighted by atomic mass is 79.9. The summed E-state index contributed by atoms with van der Waals surface area (Å²) in [5.41, 5.74) is 1.05. The molecule has 4 heteroatoms. The lowest BCUT2D eigenvalue weighted by Crippen LogP contribution is -2.48. The van der Waals surface area contributed by atoms with Gasteiger partial charge in [-0.3, -0.25) is 4.79 Å². The number of carbonyl (C=O) groups excluding carboxylic acids is 1. The van der Waals surface area contributed by atoms with Crippen LogP contribution >= 0.6 is 15.9 Å². The van der Waals surface area contributed by atoms with Gasteiger partial charge < -0.3 is 9.64 Å². The van der Waals surface area contributed by atoms with E-state index in [1.807, 2.05) is 43.0 Å². The van der Waals surface area contributed by atoms with Crippen molar-refractivity contribution in [2.24, 2.45) is 0 Å². The van der Waals surface area contributed by atoms with E-state index < -0.39 is 0 Å². The first-order valence-corrected chi connectivity index (χ1v) is 7.01. The number of carbonyl (C=O) groups is 1. The van der Waals surface area contributed by atoms with Crippen LogP contribution in [0, 0.1) is 0 Å². The highest BCUT2D eigenvalue weighted by Gasteiger charge is 2.25. The van der Waals surface area contributed by atoms with E-state index in [9.17, 15) is 4.79 Å². The van der Waals surface area contributed by atoms with E-state index >= 15 is 0 Å². The summed E-state index contributed by atoms with van der Waals surface area (Å²) < 4.78 is 6.67. The highest BCUT2D eigenvalue weighted by Crippen LogP contribution is 2.14. The molecule has 1 amide bonds. The standard InChI is InChI=1S/C14H18BrNO2/c1-10-8-16(9-11(2)18-10)14(17)7-12-3-5-13(15)6-4-12/h3-6,10-11H,7-9H2,1-2H3/t10-,11+. The Morgan fingerprint density at radius 1 is 1.28 bits per heavy atom. The van der Waals surface area contributed by atoms with Gasteiger partial charge in [0, 0.05) is 17.6 Å². The average Bonchev–Trinajstić information content (AvgIpc) is 2.31. The quantitative estimate of drug-likeness (QED) is 0.840. The summed E-state index contributed by atoms with van der Waals surface area (Å²) >= 11 is 3.39. The van der Waals surface area contributed by atoms with Crippen LogP contribution in [0.4, 0.5) is 0 Å². The van der Waals surface area contributed by atoms with E-state index in [0.29, 0.717) is 19.5 Å². The molecule has 1 aliphatic rings. The molecule has 0 spiro atoms. The van der Waals surface area contributed by atoms with Crippen molar-refractivity contribution >= 4 is 21.8 Å². The summed E-state index contributed by atoms with van der Waals surface area (Å²) in [7, 11) is 0. The Hall–Kier alpha value is -0.870. The van der Waals surface area contributed by atoms with Gasteiger partial charge in [-0.2, -0.15) is 0 Å². The summed E-state index contributed by atoms with van der Waals surface area (Å²) in [5.74, 6) is 0.180. The Labute approximate surface area is 116 Å². The van der Waals surface area contributed by atoms with Crippen molar-refractivity contribution in [2.75, 3.05) is 13.1 Å². The Balaban J connectivity index is 1.97. The maximum Gasteiger partial charge on any atom is 0.227 e. The van der Waals surface area contributed by atoms with Crippen molar-refractivity contribution in [1.82, 2.24) is 4.90 Å². The van der Waals surface area contributed by atoms with Crippen LogP contribution in [0.3, 0.4) is 0 Å². The molecule has 1 aliphatic heterocycles. The number of hydrogen-bond acceptors (Lipinski definition) is 2. The highest BCUT2D eigenvalue weighted by molar-refractivity contribution is 9.10. The van der Waals surface area contributed by atoms with Crippen molar-refractivity contribution in [3.05, 3.63) is 34.3 Å². The predicted molar refractivity (Wildman–Crippen MR) is 74.4 cm³/mol. The molecule has 0 unspecified atom stereocenters. The van der Waals surface area contributed by atoms with Gasteiger partial charge in [0.2, 0.25) is 5.91 Å². The van der Waals surface area contributed by atoms with E-state index in [2.05, 4.69) is 15.9 Å². The molecule has 1 aromatic carbocycles. The number of nitrogens with zero attached hydrogens (tertiary/aromatic N) is 1. The normalized spacial score (nSPS) is 24.1. The zero-order valence-corrected chi connectivity index (χ0v) is 12.3. The summed E-state index contributed by atoms with van der Waals surface area (Å²) in [5, 5.41) is 0. The summed E-state index contributed by atoms with van der Waals surface area (Å²) in [6, 6.07) is 7.89. The van der Waals surface area contributed by atoms with E-state index in [1.165, 1.54) is 0 Å². The Morgan fingerprint density at radius 2 is 1.83 bits per heavy atom. The summed E-state index contributed by atoms with van der Waals surface area (Å²) in [4.78, 5) is 14.1. The van der Waals surface area contributed by atoms with Crippen molar-refractivity contribution in [2.45, 2.75) is 32.5 Å². The maximum atomic E-state index is 12.2. The van der Waals surface area contributed by atoms with Crippen molar-refractivity contribution in [3.63, 3.8) is 0 Å². The zero-order chi connectivity index (χ0) is 13.1. The van der Waals surface area contributed by atoms with E-state index in [4.69, 9.17) is 4.74 Å². The number of rotatable bonds is 2. The Morgan fingerprint density at radius 3 is 2.39 bits per heavy atom. The van der Waals surface area contributed by atoms with Crippen molar-refractivity contribution in [1.29, 1.82) is 0 Å². The molecule has 2 atom stereocenters. The molecule has 0 aliphatic carbocycles. The molecule has 1 heterocycles. The van der Waals surface area contributed by atoms with Crippen LogP contribution in [0.5, 0.6) is 0 Å². The first kappa shape index (κ1) is 13.6. The Kier molecular flexibility index (Phi) is 4.40. The van der Waals surface area contributed by atoms with Gasteiger partial charge in [0.1, 0.15) is 0 Å². The van der Waals surface area contributed by atoms with Crippen molar-refractivity contribution < 1.29 is 9.53 Å². The number of hydrogen-bond donors (Lipinski definition) is 0. The minimum absolute atomic E-state index is 0.127. The molecular formula is C14H18BrNO2. The van der Waals surface area contributed by atoms with Crippen LogP contribution in [0.25, 0.3) is 0 Å². The fourth-order valence-electron chi connectivity index (χ4n) is 2.27. The number of ether oxygens (including phenoxy) is 1. The maximum absolute atomic E-state index is 12.2. The SMILES string of the molecule is C[C@@H]1CN(C(=O)Cc2ccc(Br)cc2)C[C@H](C)O1. The molecule has 0 N–H and O–H groups in total. The fraction of sp³-hybridized carbons (Fsp3) is 0.500. The predicted octanol–water partition coefficient (Wildman–Crippen LogP) is 2.63. The minimum Gasteiger partial charge on any atom is -0.372 e. The van der Waals surface area contributed by atoms with Gasteiger partial charge in [-0.25, -0.2) is 0 Å². The van der Waals surface area contributed by atoms with Gasteiger partial charge in [-0.15, -0.1) is 0 Å². The zero-order valence-electron chi connectivity index (χ0n) is 10.7. The van der Waals surface area contributed by atoms with E-state index in [0.717, 1.165) is 10.0 Å². The van der Waals surface area contributed by atoms with Crippen LogP contribution in [0.15, 0.2) is 28.7 Å².